The van der Waals surface area contributed by atoms with Gasteiger partial charge < -0.3 is 19.3 Å². The summed E-state index contributed by atoms with van der Waals surface area (Å²) in [5.41, 5.74) is 0.0325. The van der Waals surface area contributed by atoms with Crippen LogP contribution in [0, 0.1) is 6.92 Å². The van der Waals surface area contributed by atoms with Crippen LogP contribution in [0.4, 0.5) is 5.69 Å². The molecule has 0 radical (unpaired) electrons. The molecule has 0 spiro atoms. The van der Waals surface area contributed by atoms with Gasteiger partial charge in [-0.2, -0.15) is 0 Å². The second-order valence-corrected chi connectivity index (χ2v) is 6.13. The summed E-state index contributed by atoms with van der Waals surface area (Å²) in [5.74, 6) is -0.249. The minimum atomic E-state index is -0.567. The van der Waals surface area contributed by atoms with Crippen molar-refractivity contribution in [1.29, 1.82) is 0 Å². The Hall–Kier alpha value is -2.90. The van der Waals surface area contributed by atoms with Crippen molar-refractivity contribution in [2.75, 3.05) is 18.4 Å². The smallest absolute Gasteiger partial charge is 0.278 e. The van der Waals surface area contributed by atoms with E-state index in [2.05, 4.69) is 10.5 Å². The summed E-state index contributed by atoms with van der Waals surface area (Å²) in [4.78, 5) is 39.1. The average molecular weight is 360 g/mol. The highest BCUT2D eigenvalue weighted by Crippen LogP contribution is 2.11. The van der Waals surface area contributed by atoms with E-state index in [9.17, 15) is 14.4 Å². The third-order valence-electron chi connectivity index (χ3n) is 3.81. The second kappa shape index (κ2) is 8.46. The molecule has 0 aromatic carbocycles. The fourth-order valence-electron chi connectivity index (χ4n) is 2.62. The van der Waals surface area contributed by atoms with Gasteiger partial charge in [0.1, 0.15) is 11.4 Å². The number of amides is 2. The normalized spacial score (nSPS) is 10.6. The standard InChI is InChI=1S/C18H24N4O4/c1-5-7-22(8-6-2)17(24)13-10-15(18(25)21(4)11-13)19-16(23)14-9-12(3)26-20-14/h9-11H,5-8H2,1-4H3,(H,19,23). The average Bonchev–Trinajstić information content (AvgIpc) is 3.04. The van der Waals surface area contributed by atoms with Crippen LogP contribution in [-0.4, -0.2) is 39.5 Å². The Morgan fingerprint density at radius 1 is 1.23 bits per heavy atom. The van der Waals surface area contributed by atoms with Crippen molar-refractivity contribution >= 4 is 17.5 Å². The van der Waals surface area contributed by atoms with Gasteiger partial charge in [0, 0.05) is 32.4 Å². The Bertz CT molecular complexity index is 847. The molecule has 2 rings (SSSR count). The Morgan fingerprint density at radius 2 is 1.88 bits per heavy atom. The van der Waals surface area contributed by atoms with E-state index in [0.29, 0.717) is 24.4 Å². The van der Waals surface area contributed by atoms with E-state index in [0.717, 1.165) is 12.8 Å². The van der Waals surface area contributed by atoms with Crippen LogP contribution in [0.1, 0.15) is 53.3 Å². The molecule has 0 bridgehead atoms. The lowest BCUT2D eigenvalue weighted by molar-refractivity contribution is 0.0754. The monoisotopic (exact) mass is 360 g/mol. The van der Waals surface area contributed by atoms with Gasteiger partial charge in [0.05, 0.1) is 5.56 Å². The lowest BCUT2D eigenvalue weighted by atomic mass is 10.2. The van der Waals surface area contributed by atoms with Crippen LogP contribution in [0.15, 0.2) is 27.6 Å². The molecule has 2 heterocycles. The maximum absolute atomic E-state index is 12.8. The number of nitrogens with one attached hydrogen (secondary N) is 1. The number of anilines is 1. The summed E-state index contributed by atoms with van der Waals surface area (Å²) in [7, 11) is 1.54. The zero-order valence-corrected chi connectivity index (χ0v) is 15.5. The van der Waals surface area contributed by atoms with Crippen LogP contribution in [-0.2, 0) is 7.05 Å². The summed E-state index contributed by atoms with van der Waals surface area (Å²) in [5, 5.41) is 6.14. The summed E-state index contributed by atoms with van der Waals surface area (Å²) in [6, 6.07) is 2.88. The number of hydrogen-bond acceptors (Lipinski definition) is 5. The van der Waals surface area contributed by atoms with Crippen molar-refractivity contribution in [1.82, 2.24) is 14.6 Å². The van der Waals surface area contributed by atoms with E-state index in [-0.39, 0.29) is 17.3 Å². The predicted molar refractivity (Wildman–Crippen MR) is 97.4 cm³/mol. The molecular weight excluding hydrogens is 336 g/mol. The van der Waals surface area contributed by atoms with Crippen molar-refractivity contribution < 1.29 is 14.1 Å². The highest BCUT2D eigenvalue weighted by molar-refractivity contribution is 6.03. The van der Waals surface area contributed by atoms with E-state index < -0.39 is 11.5 Å². The molecule has 0 saturated heterocycles. The number of aryl methyl sites for hydroxylation is 2. The van der Waals surface area contributed by atoms with E-state index in [4.69, 9.17) is 4.52 Å². The number of pyridine rings is 1. The quantitative estimate of drug-likeness (QED) is 0.816. The van der Waals surface area contributed by atoms with Crippen LogP contribution < -0.4 is 10.9 Å². The van der Waals surface area contributed by atoms with Crippen LogP contribution in [0.2, 0.25) is 0 Å². The lowest BCUT2D eigenvalue weighted by Crippen LogP contribution is -2.34. The van der Waals surface area contributed by atoms with Crippen LogP contribution in [0.3, 0.4) is 0 Å². The van der Waals surface area contributed by atoms with Gasteiger partial charge >= 0.3 is 0 Å². The van der Waals surface area contributed by atoms with Crippen molar-refractivity contribution in [2.24, 2.45) is 7.05 Å². The first kappa shape index (κ1) is 19.4. The zero-order valence-electron chi connectivity index (χ0n) is 15.5. The first-order chi connectivity index (χ1) is 12.4. The Balaban J connectivity index is 2.32. The van der Waals surface area contributed by atoms with Gasteiger partial charge in [-0.15, -0.1) is 0 Å². The molecule has 2 aromatic rings. The molecule has 2 aromatic heterocycles. The van der Waals surface area contributed by atoms with Gasteiger partial charge in [-0.05, 0) is 25.8 Å². The first-order valence-corrected chi connectivity index (χ1v) is 8.62. The predicted octanol–water partition coefficient (Wildman–Crippen LogP) is 2.20. The molecule has 0 aliphatic carbocycles. The molecular formula is C18H24N4O4. The molecule has 140 valence electrons. The van der Waals surface area contributed by atoms with Gasteiger partial charge in [0.25, 0.3) is 17.4 Å². The van der Waals surface area contributed by atoms with Gasteiger partial charge in [0.15, 0.2) is 5.69 Å². The Labute approximate surface area is 151 Å². The van der Waals surface area contributed by atoms with E-state index in [1.54, 1.807) is 18.9 Å². The molecule has 0 atom stereocenters. The summed E-state index contributed by atoms with van der Waals surface area (Å²) in [6.45, 7) is 6.94. The van der Waals surface area contributed by atoms with Crippen LogP contribution >= 0.6 is 0 Å². The molecule has 8 nitrogen and oxygen atoms in total. The zero-order chi connectivity index (χ0) is 19.3. The minimum Gasteiger partial charge on any atom is -0.361 e. The first-order valence-electron chi connectivity index (χ1n) is 8.62. The number of carbonyl (C=O) groups is 2. The van der Waals surface area contributed by atoms with Crippen molar-refractivity contribution in [3.63, 3.8) is 0 Å². The van der Waals surface area contributed by atoms with Gasteiger partial charge in [-0.3, -0.25) is 14.4 Å². The second-order valence-electron chi connectivity index (χ2n) is 6.13. The third kappa shape index (κ3) is 4.38. The van der Waals surface area contributed by atoms with E-state index in [1.807, 2.05) is 13.8 Å². The summed E-state index contributed by atoms with van der Waals surface area (Å²) >= 11 is 0. The van der Waals surface area contributed by atoms with Crippen LogP contribution in [0.25, 0.3) is 0 Å². The summed E-state index contributed by atoms with van der Waals surface area (Å²) in [6.07, 6.45) is 3.16. The molecule has 0 aliphatic heterocycles. The fraction of sp³-hybridized carbons (Fsp3) is 0.444. The third-order valence-corrected chi connectivity index (χ3v) is 3.81. The SMILES string of the molecule is CCCN(CCC)C(=O)c1cc(NC(=O)c2cc(C)on2)c(=O)n(C)c1. The van der Waals surface area contributed by atoms with Gasteiger partial charge in [-0.1, -0.05) is 19.0 Å². The van der Waals surface area contributed by atoms with Gasteiger partial charge in [-0.25, -0.2) is 0 Å². The van der Waals surface area contributed by atoms with E-state index in [1.165, 1.54) is 22.9 Å². The maximum Gasteiger partial charge on any atom is 0.278 e. The molecule has 0 saturated carbocycles. The maximum atomic E-state index is 12.8. The summed E-state index contributed by atoms with van der Waals surface area (Å²) < 4.78 is 6.15. The van der Waals surface area contributed by atoms with Crippen molar-refractivity contribution in [2.45, 2.75) is 33.6 Å². The lowest BCUT2D eigenvalue weighted by Gasteiger charge is -2.22. The highest BCUT2D eigenvalue weighted by Gasteiger charge is 2.19. The highest BCUT2D eigenvalue weighted by atomic mass is 16.5. The minimum absolute atomic E-state index is 0.0250. The molecule has 26 heavy (non-hydrogen) atoms. The number of aromatic nitrogens is 2. The number of nitrogens with zero attached hydrogens (tertiary/aromatic N) is 3. The topological polar surface area (TPSA) is 97.4 Å². The van der Waals surface area contributed by atoms with Crippen molar-refractivity contribution in [3.05, 3.63) is 45.7 Å². The molecule has 0 aliphatic rings. The molecule has 8 heteroatoms. The Morgan fingerprint density at radius 3 is 2.42 bits per heavy atom. The van der Waals surface area contributed by atoms with E-state index >= 15 is 0 Å². The Kier molecular flexibility index (Phi) is 6.32. The van der Waals surface area contributed by atoms with Gasteiger partial charge in [0.2, 0.25) is 0 Å². The molecule has 1 N–H and O–H groups in total. The van der Waals surface area contributed by atoms with Crippen molar-refractivity contribution in [3.8, 4) is 0 Å². The number of hydrogen-bond donors (Lipinski definition) is 1. The fourth-order valence-corrected chi connectivity index (χ4v) is 2.62. The molecule has 0 unspecified atom stereocenters. The number of carbonyl (C=O) groups excluding carboxylic acids is 2. The molecule has 2 amide bonds. The molecule has 0 fully saturated rings. The largest absolute Gasteiger partial charge is 0.361 e. The number of rotatable bonds is 7. The van der Waals surface area contributed by atoms with Crippen LogP contribution in [0.5, 0.6) is 0 Å².